The summed E-state index contributed by atoms with van der Waals surface area (Å²) < 4.78 is 18.0. The van der Waals surface area contributed by atoms with E-state index in [0.29, 0.717) is 94.8 Å². The normalized spacial score (nSPS) is 17.9. The number of primary amides is 1. The van der Waals surface area contributed by atoms with Crippen LogP contribution in [-0.4, -0.2) is 161 Å². The maximum atomic E-state index is 15.0. The van der Waals surface area contributed by atoms with Crippen molar-refractivity contribution in [2.45, 2.75) is 206 Å². The molecule has 0 unspecified atom stereocenters. The number of nitrogens with two attached hydrogens (primary N) is 1. The molecule has 3 aromatic rings. The molecule has 10 amide bonds. The van der Waals surface area contributed by atoms with Crippen molar-refractivity contribution < 1.29 is 67.0 Å². The number of imide groups is 1. The van der Waals surface area contributed by atoms with Crippen LogP contribution >= 0.6 is 11.3 Å². The van der Waals surface area contributed by atoms with Crippen LogP contribution in [0.15, 0.2) is 78.3 Å². The number of hydrogen-bond acceptors (Lipinski definition) is 16. The van der Waals surface area contributed by atoms with Gasteiger partial charge in [-0.1, -0.05) is 117 Å². The van der Waals surface area contributed by atoms with Gasteiger partial charge in [0.2, 0.25) is 29.5 Å². The maximum absolute atomic E-state index is 15.0. The number of amides is 10. The summed E-state index contributed by atoms with van der Waals surface area (Å²) in [6, 6.07) is 13.5. The Morgan fingerprint density at radius 3 is 2.09 bits per heavy atom. The number of Topliss-reactive ketones (excluding diaryl/α,β-unsaturated/α-hetero) is 2. The van der Waals surface area contributed by atoms with E-state index in [-0.39, 0.29) is 123 Å². The van der Waals surface area contributed by atoms with E-state index in [2.05, 4.69) is 31.6 Å². The number of rotatable bonds is 40. The summed E-state index contributed by atoms with van der Waals surface area (Å²) in [4.78, 5) is 157. The van der Waals surface area contributed by atoms with Crippen LogP contribution < -0.4 is 32.3 Å². The Labute approximate surface area is 575 Å². The third-order valence-corrected chi connectivity index (χ3v) is 20.3. The first-order valence-corrected chi connectivity index (χ1v) is 35.3. The predicted octanol–water partition coefficient (Wildman–Crippen LogP) is 8.52. The molecule has 2 aliphatic heterocycles. The minimum atomic E-state index is -1.28. The highest BCUT2D eigenvalue weighted by Gasteiger charge is 2.47. The molecule has 2 aromatic carbocycles. The van der Waals surface area contributed by atoms with E-state index in [4.69, 9.17) is 19.9 Å². The Morgan fingerprint density at radius 2 is 1.48 bits per heavy atom. The molecule has 0 spiro atoms. The highest BCUT2D eigenvalue weighted by atomic mass is 32.1. The number of thiazole rings is 1. The van der Waals surface area contributed by atoms with Crippen molar-refractivity contribution in [1.82, 2.24) is 41.0 Å². The molecule has 2 fully saturated rings. The highest BCUT2D eigenvalue weighted by molar-refractivity contribution is 7.09. The molecule has 0 bridgehead atoms. The van der Waals surface area contributed by atoms with Gasteiger partial charge in [-0.05, 0) is 98.8 Å². The van der Waals surface area contributed by atoms with Crippen molar-refractivity contribution in [3.63, 3.8) is 0 Å². The Morgan fingerprint density at radius 1 is 0.794 bits per heavy atom. The molecule has 1 saturated heterocycles. The van der Waals surface area contributed by atoms with Crippen LogP contribution in [0.2, 0.25) is 0 Å². The molecule has 1 saturated carbocycles. The van der Waals surface area contributed by atoms with Crippen LogP contribution in [0.25, 0.3) is 0 Å². The average Bonchev–Trinajstić information content (AvgIpc) is 1.79. The molecule has 97 heavy (non-hydrogen) atoms. The zero-order valence-corrected chi connectivity index (χ0v) is 59.1. The number of likely N-dealkylation sites (N-methyl/N-ethyl adjacent to an activating group) is 1. The van der Waals surface area contributed by atoms with Gasteiger partial charge in [-0.15, -0.1) is 11.3 Å². The van der Waals surface area contributed by atoms with Gasteiger partial charge in [0.25, 0.3) is 11.8 Å². The number of unbranched alkanes of at least 4 members (excludes halogenated alkanes) is 2. The van der Waals surface area contributed by atoms with Crippen molar-refractivity contribution >= 4 is 82.1 Å². The van der Waals surface area contributed by atoms with Crippen molar-refractivity contribution in [1.29, 1.82) is 0 Å². The number of benzene rings is 2. The van der Waals surface area contributed by atoms with Gasteiger partial charge in [0.15, 0.2) is 11.6 Å². The molecule has 25 heteroatoms. The van der Waals surface area contributed by atoms with Crippen molar-refractivity contribution in [3.8, 4) is 0 Å². The fraction of sp³-hybridized carbons (Fsp3) is 0.611. The summed E-state index contributed by atoms with van der Waals surface area (Å²) in [5, 5.41) is 17.0. The van der Waals surface area contributed by atoms with Crippen LogP contribution in [0.5, 0.6) is 0 Å². The number of aromatic nitrogens is 1. The van der Waals surface area contributed by atoms with Crippen LogP contribution in [0.4, 0.5) is 15.3 Å². The Kier molecular flexibility index (Phi) is 30.8. The molecule has 1 aromatic heterocycles. The molecular formula is C72H104N10O14S. The van der Waals surface area contributed by atoms with Gasteiger partial charge in [-0.25, -0.2) is 14.6 Å². The summed E-state index contributed by atoms with van der Waals surface area (Å²) in [5.74, 6) is -5.83. The number of carbonyl (C=O) groups is 11. The van der Waals surface area contributed by atoms with Gasteiger partial charge < -0.3 is 56.3 Å². The van der Waals surface area contributed by atoms with Gasteiger partial charge in [-0.2, -0.15) is 0 Å². The number of carbonyl (C=O) groups excluding carboxylic acids is 11. The van der Waals surface area contributed by atoms with Crippen LogP contribution in [-0.2, 0) is 70.4 Å². The number of ether oxygens (including phenoxy) is 3. The van der Waals surface area contributed by atoms with Crippen molar-refractivity contribution in [3.05, 3.63) is 94.5 Å². The quantitative estimate of drug-likeness (QED) is 0.0229. The molecule has 532 valence electrons. The standard InChI is InChI=1S/C72H104N10O14S/c1-11-47(6)64(57(94-9)43-62(88)81-38-21-25-55(81)65(95-10)48(7)66(89)77-54(68-74-36-39-97-68)40-49-22-14-12-15-23-49)80(8)69(91)53(45(2)3)42-58(84)72(33-17-18-34-72)79-71(93)96-44-50-27-29-52(30-28-50)76-67(90)51(24-20-35-75-70(73)92)41-56(83)63(46(4)5)78-59(85)26-16-13-19-37-82-60(86)31-32-61(82)87/h12,14-15,22-23,27-32,36,39,45-48,51,53-55,57,63-65H,11,13,16-21,24-26,33-35,37-38,40-44H2,1-10H3,(H,76,90)(H,77,89)(H,78,85)(H,79,93)(H3,73,75,92)/t47-,48+,51+,53-,54-,55-,57+,63-,64-,65+/m0/s1. The van der Waals surface area contributed by atoms with Crippen LogP contribution in [0.3, 0.4) is 0 Å². The first-order valence-electron chi connectivity index (χ1n) is 34.4. The number of alkyl carbamates (subject to hydrolysis) is 1. The Bertz CT molecular complexity index is 3140. The molecule has 3 aliphatic rings. The van der Waals surface area contributed by atoms with Crippen LogP contribution in [0, 0.1) is 35.5 Å². The highest BCUT2D eigenvalue weighted by Crippen LogP contribution is 2.36. The second-order valence-corrected chi connectivity index (χ2v) is 27.9. The predicted molar refractivity (Wildman–Crippen MR) is 368 cm³/mol. The lowest BCUT2D eigenvalue weighted by Gasteiger charge is -2.41. The monoisotopic (exact) mass is 1360 g/mol. The first-order chi connectivity index (χ1) is 46.3. The number of urea groups is 1. The van der Waals surface area contributed by atoms with E-state index in [1.807, 2.05) is 70.3 Å². The van der Waals surface area contributed by atoms with E-state index >= 15 is 0 Å². The molecule has 3 heterocycles. The molecule has 1 aliphatic carbocycles. The molecular weight excluding hydrogens is 1260 g/mol. The SMILES string of the molecule is CC[C@H](C)[C@@H]([C@@H](CC(=O)N1CCC[C@H]1[C@H](OC)[C@@H](C)C(=O)N[C@@H](Cc1ccccc1)c1nccs1)OC)N(C)C(=O)[C@@H](CC(=O)C1(NC(=O)OCc2ccc(NC(=O)[C@H](CCCNC(N)=O)CC(=O)[C@@H](NC(=O)CCCCCN3C(=O)C=CC3=O)C(C)C)cc2)CCCC1)C(C)C. The number of hydrogen-bond donors (Lipinski definition) is 6. The van der Waals surface area contributed by atoms with E-state index in [0.717, 1.165) is 15.5 Å². The third kappa shape index (κ3) is 22.6. The Balaban J connectivity index is 1.03. The third-order valence-electron chi connectivity index (χ3n) is 19.4. The summed E-state index contributed by atoms with van der Waals surface area (Å²) in [6.45, 7) is 13.9. The molecule has 7 N–H and O–H groups in total. The topological polar surface area (TPSA) is 324 Å². The minimum Gasteiger partial charge on any atom is -0.445 e. The summed E-state index contributed by atoms with van der Waals surface area (Å²) in [6.07, 6.45) is 8.42. The number of nitrogens with zero attached hydrogens (tertiary/aromatic N) is 4. The number of nitrogens with one attached hydrogen (secondary N) is 5. The zero-order chi connectivity index (χ0) is 70.9. The van der Waals surface area contributed by atoms with Crippen molar-refractivity contribution in [2.24, 2.45) is 41.2 Å². The van der Waals surface area contributed by atoms with Gasteiger partial charge in [0.05, 0.1) is 48.7 Å². The van der Waals surface area contributed by atoms with Gasteiger partial charge in [-0.3, -0.25) is 48.1 Å². The van der Waals surface area contributed by atoms with Crippen LogP contribution in [0.1, 0.15) is 173 Å². The van der Waals surface area contributed by atoms with Crippen molar-refractivity contribution in [2.75, 3.05) is 46.2 Å². The van der Waals surface area contributed by atoms with E-state index in [1.165, 1.54) is 30.6 Å². The van der Waals surface area contributed by atoms with Gasteiger partial charge in [0, 0.05) is 101 Å². The largest absolute Gasteiger partial charge is 0.445 e. The molecule has 10 atom stereocenters. The molecule has 6 rings (SSSR count). The lowest BCUT2D eigenvalue weighted by atomic mass is 9.81. The second-order valence-electron chi connectivity index (χ2n) is 26.9. The van der Waals surface area contributed by atoms with E-state index in [1.54, 1.807) is 68.3 Å². The lowest BCUT2D eigenvalue weighted by Crippen LogP contribution is -2.56. The summed E-state index contributed by atoms with van der Waals surface area (Å²) in [7, 11) is 4.81. The smallest absolute Gasteiger partial charge is 0.408 e. The summed E-state index contributed by atoms with van der Waals surface area (Å²) in [5.41, 5.74) is 6.01. The van der Waals surface area contributed by atoms with E-state index in [9.17, 15) is 52.7 Å². The fourth-order valence-electron chi connectivity index (χ4n) is 13.6. The fourth-order valence-corrected chi connectivity index (χ4v) is 14.3. The number of ketones is 2. The first kappa shape index (κ1) is 78.1. The molecule has 24 nitrogen and oxygen atoms in total. The second kappa shape index (κ2) is 38.3. The molecule has 0 radical (unpaired) electrons. The summed E-state index contributed by atoms with van der Waals surface area (Å²) >= 11 is 1.48. The zero-order valence-electron chi connectivity index (χ0n) is 58.3. The average molecular weight is 1370 g/mol. The lowest BCUT2D eigenvalue weighted by molar-refractivity contribution is -0.149. The number of anilines is 1. The Hall–Kier alpha value is -7.90. The maximum Gasteiger partial charge on any atom is 0.408 e. The van der Waals surface area contributed by atoms with E-state index < -0.39 is 71.7 Å². The number of methoxy groups -OCH3 is 2. The van der Waals surface area contributed by atoms with Gasteiger partial charge in [0.1, 0.15) is 17.2 Å². The minimum absolute atomic E-state index is 0.0462. The number of likely N-dealkylation sites (tertiary alicyclic amines) is 1. The van der Waals surface area contributed by atoms with Gasteiger partial charge >= 0.3 is 12.1 Å².